The van der Waals surface area contributed by atoms with Gasteiger partial charge in [-0.05, 0) is 46.6 Å². The molecule has 141 valence electrons. The first-order valence-electron chi connectivity index (χ1n) is 8.47. The van der Waals surface area contributed by atoms with E-state index in [-0.39, 0.29) is 30.5 Å². The second-order valence-corrected chi connectivity index (χ2v) is 7.87. The number of halogens is 1. The van der Waals surface area contributed by atoms with Crippen LogP contribution in [0.4, 0.5) is 0 Å². The molecule has 25 heavy (non-hydrogen) atoms. The highest BCUT2D eigenvalue weighted by atomic mass is 35.5. The molecule has 1 fully saturated rings. The minimum absolute atomic E-state index is 0. The van der Waals surface area contributed by atoms with Gasteiger partial charge in [0.15, 0.2) is 0 Å². The highest BCUT2D eigenvalue weighted by Crippen LogP contribution is 2.42. The van der Waals surface area contributed by atoms with Gasteiger partial charge in [-0.1, -0.05) is 30.3 Å². The lowest BCUT2D eigenvalue weighted by atomic mass is 9.70. The van der Waals surface area contributed by atoms with Gasteiger partial charge >= 0.3 is 5.97 Å². The first kappa shape index (κ1) is 21.9. The summed E-state index contributed by atoms with van der Waals surface area (Å²) >= 11 is 0. The molecule has 1 aromatic carbocycles. The van der Waals surface area contributed by atoms with Crippen molar-refractivity contribution in [2.75, 3.05) is 7.11 Å². The third-order valence-corrected chi connectivity index (χ3v) is 5.17. The molecular weight excluding hydrogens is 340 g/mol. The molecule has 1 N–H and O–H groups in total. The monoisotopic (exact) mass is 369 g/mol. The van der Waals surface area contributed by atoms with E-state index in [1.54, 1.807) is 0 Å². The zero-order valence-electron chi connectivity index (χ0n) is 15.9. The van der Waals surface area contributed by atoms with Gasteiger partial charge in [0.05, 0.1) is 18.6 Å². The first-order chi connectivity index (χ1) is 11.1. The van der Waals surface area contributed by atoms with Gasteiger partial charge in [0, 0.05) is 17.6 Å². The van der Waals surface area contributed by atoms with Crippen molar-refractivity contribution < 1.29 is 14.7 Å². The fourth-order valence-corrected chi connectivity index (χ4v) is 4.03. The Kier molecular flexibility index (Phi) is 7.04. The van der Waals surface area contributed by atoms with Crippen molar-refractivity contribution in [2.24, 2.45) is 5.92 Å². The van der Waals surface area contributed by atoms with Crippen LogP contribution in [0.5, 0.6) is 0 Å². The molecule has 1 aromatic rings. The maximum Gasteiger partial charge on any atom is 0.312 e. The van der Waals surface area contributed by atoms with Crippen molar-refractivity contribution in [3.63, 3.8) is 0 Å². The van der Waals surface area contributed by atoms with Gasteiger partial charge in [-0.2, -0.15) is 0 Å². The summed E-state index contributed by atoms with van der Waals surface area (Å²) in [5.74, 6) is -0.867. The predicted molar refractivity (Wildman–Crippen MR) is 99.8 cm³/mol. The van der Waals surface area contributed by atoms with Crippen LogP contribution in [0.25, 0.3) is 0 Å². The zero-order valence-corrected chi connectivity index (χ0v) is 16.7. The summed E-state index contributed by atoms with van der Waals surface area (Å²) < 4.78 is 5.01. The maximum absolute atomic E-state index is 12.8. The zero-order chi connectivity index (χ0) is 18.1. The fraction of sp³-hybridized carbons (Fsp3) is 0.632. The van der Waals surface area contributed by atoms with Gasteiger partial charge in [0.1, 0.15) is 0 Å². The Morgan fingerprint density at radius 3 is 2.32 bits per heavy atom. The van der Waals surface area contributed by atoms with E-state index in [1.165, 1.54) is 7.11 Å². The lowest BCUT2D eigenvalue weighted by Crippen LogP contribution is -2.69. The Hall–Kier alpha value is -1.14. The van der Waals surface area contributed by atoms with Crippen molar-refractivity contribution in [1.82, 2.24) is 10.4 Å². The molecule has 0 amide bonds. The van der Waals surface area contributed by atoms with Crippen LogP contribution in [0, 0.1) is 5.92 Å². The summed E-state index contributed by atoms with van der Waals surface area (Å²) in [5.41, 5.74) is -0.244. The molecular formula is C19H30ClN2O3. The molecule has 1 aliphatic heterocycles. The van der Waals surface area contributed by atoms with Gasteiger partial charge in [-0.3, -0.25) is 4.79 Å². The molecule has 0 aromatic heterocycles. The second kappa shape index (κ2) is 8.04. The predicted octanol–water partition coefficient (Wildman–Crippen LogP) is 3.53. The van der Waals surface area contributed by atoms with Crippen LogP contribution in [0.2, 0.25) is 0 Å². The summed E-state index contributed by atoms with van der Waals surface area (Å²) in [6.07, 6.45) is 0.580. The number of benzene rings is 1. The average molecular weight is 370 g/mol. The molecule has 0 saturated carbocycles. The van der Waals surface area contributed by atoms with Crippen LogP contribution in [0.3, 0.4) is 0 Å². The molecule has 1 aliphatic rings. The average Bonchev–Trinajstić information content (AvgIpc) is 2.53. The summed E-state index contributed by atoms with van der Waals surface area (Å²) in [5, 5.41) is 17.4. The van der Waals surface area contributed by atoms with Gasteiger partial charge < -0.3 is 10.1 Å². The standard InChI is InChI=1S/C19H29N2O3.ClH/c1-13(14-10-8-7-9-11-14)20-15-12-18(2,3)21(23)19(4,5)16(15)17(22)24-6;/h7-11,13,15-16,20H,12H2,1-6H3;1H/t13-,15+,16-;/m1./s1. The largest absolute Gasteiger partial charge is 0.469 e. The minimum Gasteiger partial charge on any atom is -0.469 e. The van der Waals surface area contributed by atoms with Crippen LogP contribution in [-0.2, 0) is 14.7 Å². The molecule has 0 unspecified atom stereocenters. The molecule has 1 radical (unpaired) electrons. The van der Waals surface area contributed by atoms with Crippen LogP contribution in [-0.4, -0.2) is 35.3 Å². The van der Waals surface area contributed by atoms with Gasteiger partial charge in [0.2, 0.25) is 0 Å². The van der Waals surface area contributed by atoms with E-state index in [4.69, 9.17) is 4.74 Å². The van der Waals surface area contributed by atoms with Gasteiger partial charge in [-0.25, -0.2) is 0 Å². The highest BCUT2D eigenvalue weighted by molar-refractivity contribution is 5.85. The number of carbonyl (C=O) groups is 1. The van der Waals surface area contributed by atoms with E-state index in [2.05, 4.69) is 24.4 Å². The number of nitrogens with zero attached hydrogens (tertiary/aromatic N) is 1. The van der Waals surface area contributed by atoms with Crippen molar-refractivity contribution in [1.29, 1.82) is 0 Å². The fourth-order valence-electron chi connectivity index (χ4n) is 4.03. The van der Waals surface area contributed by atoms with E-state index in [9.17, 15) is 10.0 Å². The third-order valence-electron chi connectivity index (χ3n) is 5.17. The van der Waals surface area contributed by atoms with Gasteiger partial charge in [-0.15, -0.1) is 22.7 Å². The number of hydrogen-bond donors (Lipinski definition) is 1. The molecule has 5 nitrogen and oxygen atoms in total. The van der Waals surface area contributed by atoms with Crippen LogP contribution < -0.4 is 5.32 Å². The first-order valence-corrected chi connectivity index (χ1v) is 8.47. The number of nitrogens with one attached hydrogen (secondary N) is 1. The van der Waals surface area contributed by atoms with Crippen molar-refractivity contribution in [3.8, 4) is 0 Å². The summed E-state index contributed by atoms with van der Waals surface area (Å²) in [6, 6.07) is 10.0. The number of ether oxygens (including phenoxy) is 1. The molecule has 0 bridgehead atoms. The number of methoxy groups -OCH3 is 1. The Morgan fingerprint density at radius 2 is 1.80 bits per heavy atom. The minimum atomic E-state index is -0.844. The summed E-state index contributed by atoms with van der Waals surface area (Å²) in [6.45, 7) is 9.58. The van der Waals surface area contributed by atoms with Crippen LogP contribution in [0.1, 0.15) is 52.6 Å². The number of hydroxylamine groups is 2. The number of hydrogen-bond acceptors (Lipinski definition) is 4. The van der Waals surface area contributed by atoms with E-state index in [0.717, 1.165) is 10.6 Å². The van der Waals surface area contributed by atoms with Crippen LogP contribution in [0.15, 0.2) is 30.3 Å². The smallest absolute Gasteiger partial charge is 0.312 e. The van der Waals surface area contributed by atoms with E-state index in [1.807, 2.05) is 45.9 Å². The lowest BCUT2D eigenvalue weighted by molar-refractivity contribution is -0.304. The molecule has 3 atom stereocenters. The van der Waals surface area contributed by atoms with Crippen molar-refractivity contribution in [2.45, 2.75) is 64.2 Å². The van der Waals surface area contributed by atoms with E-state index in [0.29, 0.717) is 6.42 Å². The number of esters is 1. The number of piperidine rings is 1. The summed E-state index contributed by atoms with van der Waals surface area (Å²) in [7, 11) is 1.38. The highest BCUT2D eigenvalue weighted by Gasteiger charge is 2.56. The normalized spacial score (nSPS) is 26.4. The Bertz CT molecular complexity index is 577. The second-order valence-electron chi connectivity index (χ2n) is 7.87. The molecule has 6 heteroatoms. The van der Waals surface area contributed by atoms with Crippen molar-refractivity contribution in [3.05, 3.63) is 35.9 Å². The Balaban J connectivity index is 0.00000312. The molecule has 2 rings (SSSR count). The number of carbonyl (C=O) groups excluding carboxylic acids is 1. The van der Waals surface area contributed by atoms with E-state index < -0.39 is 17.0 Å². The van der Waals surface area contributed by atoms with Crippen LogP contribution >= 0.6 is 12.4 Å². The topological polar surface area (TPSA) is 61.5 Å². The molecule has 1 heterocycles. The molecule has 0 spiro atoms. The maximum atomic E-state index is 12.8. The lowest BCUT2D eigenvalue weighted by Gasteiger charge is -2.54. The summed E-state index contributed by atoms with van der Waals surface area (Å²) in [4.78, 5) is 12.4. The molecule has 0 aliphatic carbocycles. The van der Waals surface area contributed by atoms with Crippen molar-refractivity contribution >= 4 is 18.4 Å². The quantitative estimate of drug-likeness (QED) is 0.825. The third kappa shape index (κ3) is 4.34. The SMILES string of the molecule is COC(=O)[C@H]1[C@@H](N[C@H](C)c2ccccc2)CC(C)(C)N([O])C1(C)C.Cl. The Labute approximate surface area is 157 Å². The van der Waals surface area contributed by atoms with E-state index >= 15 is 0 Å². The number of rotatable bonds is 4. The Morgan fingerprint density at radius 1 is 1.24 bits per heavy atom. The molecule has 1 saturated heterocycles. The van der Waals surface area contributed by atoms with Gasteiger partial charge in [0.25, 0.3) is 0 Å².